The van der Waals surface area contributed by atoms with Crippen LogP contribution in [0.25, 0.3) is 0 Å². The maximum atomic E-state index is 12.7. The maximum absolute atomic E-state index is 12.7. The van der Waals surface area contributed by atoms with Crippen LogP contribution in [0, 0.1) is 0 Å². The van der Waals surface area contributed by atoms with Crippen molar-refractivity contribution >= 4 is 27.5 Å². The minimum Gasteiger partial charge on any atom is -0.491 e. The second kappa shape index (κ2) is 10.2. The maximum Gasteiger partial charge on any atom is 0.259 e. The predicted octanol–water partition coefficient (Wildman–Crippen LogP) is 4.90. The Morgan fingerprint density at radius 1 is 1.15 bits per heavy atom. The topological polar surface area (TPSA) is 56.8 Å². The van der Waals surface area contributed by atoms with Gasteiger partial charge in [-0.2, -0.15) is 0 Å². The first-order valence-corrected chi connectivity index (χ1v) is 9.37. The van der Waals surface area contributed by atoms with Crippen LogP contribution in [0.4, 0.5) is 5.69 Å². The van der Waals surface area contributed by atoms with Crippen LogP contribution in [0.15, 0.2) is 46.9 Å². The quantitative estimate of drug-likeness (QED) is 0.584. The number of hydrogen-bond acceptors (Lipinski definition) is 4. The molecule has 2 aromatic carbocycles. The van der Waals surface area contributed by atoms with Gasteiger partial charge in [-0.25, -0.2) is 0 Å². The summed E-state index contributed by atoms with van der Waals surface area (Å²) < 4.78 is 17.4. The van der Waals surface area contributed by atoms with Crippen LogP contribution in [-0.4, -0.2) is 31.8 Å². The van der Waals surface area contributed by atoms with E-state index in [9.17, 15) is 4.79 Å². The summed E-state index contributed by atoms with van der Waals surface area (Å²) in [6.07, 6.45) is -0.0233. The van der Waals surface area contributed by atoms with Crippen LogP contribution < -0.4 is 14.8 Å². The van der Waals surface area contributed by atoms with E-state index in [1.165, 1.54) is 0 Å². The molecule has 0 aliphatic carbocycles. The van der Waals surface area contributed by atoms with E-state index in [2.05, 4.69) is 21.2 Å². The highest BCUT2D eigenvalue weighted by atomic mass is 79.9. The fourth-order valence-corrected chi connectivity index (χ4v) is 2.62. The van der Waals surface area contributed by atoms with Gasteiger partial charge in [0.25, 0.3) is 5.91 Å². The van der Waals surface area contributed by atoms with Gasteiger partial charge in [-0.05, 0) is 51.1 Å². The Morgan fingerprint density at radius 2 is 1.96 bits per heavy atom. The molecule has 26 heavy (non-hydrogen) atoms. The highest BCUT2D eigenvalue weighted by Crippen LogP contribution is 2.26. The van der Waals surface area contributed by atoms with E-state index in [-0.39, 0.29) is 12.0 Å². The van der Waals surface area contributed by atoms with Crippen molar-refractivity contribution in [3.05, 3.63) is 52.5 Å². The number of carbonyl (C=O) groups is 1. The van der Waals surface area contributed by atoms with Gasteiger partial charge in [-0.1, -0.05) is 22.0 Å². The van der Waals surface area contributed by atoms with Gasteiger partial charge in [0, 0.05) is 22.8 Å². The van der Waals surface area contributed by atoms with Gasteiger partial charge in [-0.15, -0.1) is 0 Å². The zero-order valence-electron chi connectivity index (χ0n) is 15.3. The Hall–Kier alpha value is -2.05. The van der Waals surface area contributed by atoms with E-state index in [4.69, 9.17) is 14.2 Å². The van der Waals surface area contributed by atoms with Crippen molar-refractivity contribution in [3.63, 3.8) is 0 Å². The summed E-state index contributed by atoms with van der Waals surface area (Å²) in [6.45, 7) is 7.44. The van der Waals surface area contributed by atoms with Crippen LogP contribution in [0.3, 0.4) is 0 Å². The summed E-state index contributed by atoms with van der Waals surface area (Å²) >= 11 is 3.40. The number of hydrogen-bond donors (Lipinski definition) is 1. The van der Waals surface area contributed by atoms with E-state index >= 15 is 0 Å². The molecule has 0 radical (unpaired) electrons. The van der Waals surface area contributed by atoms with Crippen molar-refractivity contribution in [2.24, 2.45) is 0 Å². The Bertz CT molecular complexity index is 734. The van der Waals surface area contributed by atoms with E-state index < -0.39 is 0 Å². The molecule has 0 bridgehead atoms. The van der Waals surface area contributed by atoms with E-state index in [1.807, 2.05) is 45.0 Å². The van der Waals surface area contributed by atoms with Gasteiger partial charge in [0.15, 0.2) is 0 Å². The number of carbonyl (C=O) groups excluding carboxylic acids is 1. The molecule has 0 aliphatic rings. The van der Waals surface area contributed by atoms with Crippen LogP contribution in [0.1, 0.15) is 31.1 Å². The molecule has 1 amide bonds. The second-order valence-corrected chi connectivity index (χ2v) is 6.75. The number of rotatable bonds is 9. The molecule has 140 valence electrons. The number of anilines is 1. The van der Waals surface area contributed by atoms with E-state index in [0.29, 0.717) is 42.6 Å². The summed E-state index contributed by atoms with van der Waals surface area (Å²) in [5.41, 5.74) is 1.12. The summed E-state index contributed by atoms with van der Waals surface area (Å²) in [7, 11) is 0. The molecule has 0 spiro atoms. The Kier molecular flexibility index (Phi) is 7.94. The number of nitrogens with one attached hydrogen (secondary N) is 1. The zero-order valence-corrected chi connectivity index (χ0v) is 16.8. The lowest BCUT2D eigenvalue weighted by Crippen LogP contribution is -2.16. The zero-order chi connectivity index (χ0) is 18.9. The fraction of sp³-hybridized carbons (Fsp3) is 0.350. The summed E-state index contributed by atoms with van der Waals surface area (Å²) in [6, 6.07) is 12.6. The van der Waals surface area contributed by atoms with Gasteiger partial charge in [-0.3, -0.25) is 4.79 Å². The molecule has 0 heterocycles. The first-order valence-electron chi connectivity index (χ1n) is 8.57. The largest absolute Gasteiger partial charge is 0.491 e. The Balaban J connectivity index is 2.09. The molecule has 0 unspecified atom stereocenters. The van der Waals surface area contributed by atoms with Crippen molar-refractivity contribution in [3.8, 4) is 11.5 Å². The standard InChI is InChI=1S/C20H24BrNO4/c1-4-24-10-11-25-17-7-5-6-16(13-17)22-20(23)18-12-15(21)8-9-19(18)26-14(2)3/h5-9,12-14H,4,10-11H2,1-3H3,(H,22,23). The molecule has 1 N–H and O–H groups in total. The smallest absolute Gasteiger partial charge is 0.259 e. The third-order valence-electron chi connectivity index (χ3n) is 3.34. The molecule has 5 nitrogen and oxygen atoms in total. The highest BCUT2D eigenvalue weighted by Gasteiger charge is 2.15. The molecule has 6 heteroatoms. The van der Waals surface area contributed by atoms with E-state index in [1.54, 1.807) is 18.2 Å². The second-order valence-electron chi connectivity index (χ2n) is 5.83. The lowest BCUT2D eigenvalue weighted by Gasteiger charge is -2.15. The highest BCUT2D eigenvalue weighted by molar-refractivity contribution is 9.10. The molecule has 0 saturated carbocycles. The van der Waals surface area contributed by atoms with Crippen LogP contribution in [0.2, 0.25) is 0 Å². The summed E-state index contributed by atoms with van der Waals surface area (Å²) in [4.78, 5) is 12.7. The Morgan fingerprint density at radius 3 is 2.69 bits per heavy atom. The number of amides is 1. The van der Waals surface area contributed by atoms with Gasteiger partial charge >= 0.3 is 0 Å². The minimum atomic E-state index is -0.242. The van der Waals surface area contributed by atoms with Crippen molar-refractivity contribution < 1.29 is 19.0 Å². The molecule has 0 saturated heterocycles. The van der Waals surface area contributed by atoms with Crippen molar-refractivity contribution in [2.45, 2.75) is 26.9 Å². The molecule has 2 aromatic rings. The third-order valence-corrected chi connectivity index (χ3v) is 3.83. The normalized spacial score (nSPS) is 10.7. The lowest BCUT2D eigenvalue weighted by atomic mass is 10.1. The number of benzene rings is 2. The monoisotopic (exact) mass is 421 g/mol. The van der Waals surface area contributed by atoms with Crippen molar-refractivity contribution in [1.29, 1.82) is 0 Å². The van der Waals surface area contributed by atoms with Gasteiger partial charge < -0.3 is 19.5 Å². The number of ether oxygens (including phenoxy) is 3. The van der Waals surface area contributed by atoms with Crippen LogP contribution >= 0.6 is 15.9 Å². The van der Waals surface area contributed by atoms with Gasteiger partial charge in [0.2, 0.25) is 0 Å². The van der Waals surface area contributed by atoms with Gasteiger partial charge in [0.05, 0.1) is 18.3 Å². The SMILES string of the molecule is CCOCCOc1cccc(NC(=O)c2cc(Br)ccc2OC(C)C)c1. The summed E-state index contributed by atoms with van der Waals surface area (Å²) in [5.74, 6) is 0.980. The predicted molar refractivity (Wildman–Crippen MR) is 106 cm³/mol. The van der Waals surface area contributed by atoms with E-state index in [0.717, 1.165) is 4.47 Å². The van der Waals surface area contributed by atoms with Crippen molar-refractivity contribution in [2.75, 3.05) is 25.1 Å². The van der Waals surface area contributed by atoms with Crippen molar-refractivity contribution in [1.82, 2.24) is 0 Å². The Labute approximate surface area is 162 Å². The van der Waals surface area contributed by atoms with Crippen LogP contribution in [0.5, 0.6) is 11.5 Å². The molecular formula is C20H24BrNO4. The molecular weight excluding hydrogens is 398 g/mol. The molecule has 0 atom stereocenters. The molecule has 2 rings (SSSR count). The average Bonchev–Trinajstić information content (AvgIpc) is 2.60. The molecule has 0 aliphatic heterocycles. The molecule has 0 aromatic heterocycles. The lowest BCUT2D eigenvalue weighted by molar-refractivity contribution is 0.102. The summed E-state index contributed by atoms with van der Waals surface area (Å²) in [5, 5.41) is 2.89. The molecule has 0 fully saturated rings. The average molecular weight is 422 g/mol. The fourth-order valence-electron chi connectivity index (χ4n) is 2.26. The number of halogens is 1. The first kappa shape index (κ1) is 20.3. The third kappa shape index (κ3) is 6.35. The minimum absolute atomic E-state index is 0.0233. The van der Waals surface area contributed by atoms with Crippen LogP contribution in [-0.2, 0) is 4.74 Å². The first-order chi connectivity index (χ1) is 12.5. The van der Waals surface area contributed by atoms with Gasteiger partial charge in [0.1, 0.15) is 18.1 Å².